The van der Waals surface area contributed by atoms with Crippen LogP contribution < -0.4 is 15.0 Å². The van der Waals surface area contributed by atoms with Crippen molar-refractivity contribution in [3.63, 3.8) is 0 Å². The molecule has 0 fully saturated rings. The van der Waals surface area contributed by atoms with Gasteiger partial charge in [-0.05, 0) is 37.1 Å². The summed E-state index contributed by atoms with van der Waals surface area (Å²) in [5.41, 5.74) is 2.66. The van der Waals surface area contributed by atoms with Gasteiger partial charge >= 0.3 is 12.0 Å². The highest BCUT2D eigenvalue weighted by Gasteiger charge is 2.21. The van der Waals surface area contributed by atoms with Gasteiger partial charge in [0.1, 0.15) is 5.75 Å². The van der Waals surface area contributed by atoms with Gasteiger partial charge < -0.3 is 14.8 Å². The predicted octanol–water partition coefficient (Wildman–Crippen LogP) is 3.22. The number of benzene rings is 2. The van der Waals surface area contributed by atoms with Crippen LogP contribution in [0.2, 0.25) is 0 Å². The van der Waals surface area contributed by atoms with Gasteiger partial charge in [0.15, 0.2) is 6.61 Å². The van der Waals surface area contributed by atoms with Crippen LogP contribution in [0.1, 0.15) is 12.5 Å². The number of urea groups is 1. The zero-order valence-electron chi connectivity index (χ0n) is 14.0. The van der Waals surface area contributed by atoms with E-state index in [-0.39, 0.29) is 12.6 Å². The van der Waals surface area contributed by atoms with E-state index in [1.807, 2.05) is 30.3 Å². The molecule has 0 spiro atoms. The van der Waals surface area contributed by atoms with Crippen LogP contribution in [0.15, 0.2) is 48.5 Å². The molecule has 25 heavy (non-hydrogen) atoms. The molecule has 0 aliphatic carbocycles. The lowest BCUT2D eigenvalue weighted by Gasteiger charge is -2.21. The third-order valence-corrected chi connectivity index (χ3v) is 3.90. The van der Waals surface area contributed by atoms with Gasteiger partial charge in [0.25, 0.3) is 0 Å². The van der Waals surface area contributed by atoms with Gasteiger partial charge in [0.2, 0.25) is 0 Å². The van der Waals surface area contributed by atoms with Crippen molar-refractivity contribution in [2.75, 3.05) is 30.0 Å². The van der Waals surface area contributed by atoms with Crippen molar-refractivity contribution in [3.8, 4) is 5.75 Å². The summed E-state index contributed by atoms with van der Waals surface area (Å²) in [6, 6.07) is 14.7. The average molecular weight is 340 g/mol. The minimum atomic E-state index is -0.420. The molecular weight excluding hydrogens is 320 g/mol. The summed E-state index contributed by atoms with van der Waals surface area (Å²) in [5.74, 6) is 0.0935. The smallest absolute Gasteiger partial charge is 0.344 e. The number of hydrogen-bond donors (Lipinski definition) is 1. The number of esters is 1. The van der Waals surface area contributed by atoms with Crippen molar-refractivity contribution in [1.29, 1.82) is 0 Å². The molecule has 0 saturated heterocycles. The first-order valence-corrected chi connectivity index (χ1v) is 8.22. The van der Waals surface area contributed by atoms with Gasteiger partial charge in [-0.25, -0.2) is 9.59 Å². The Bertz CT molecular complexity index is 776. The van der Waals surface area contributed by atoms with Crippen LogP contribution in [0.3, 0.4) is 0 Å². The predicted molar refractivity (Wildman–Crippen MR) is 95.1 cm³/mol. The van der Waals surface area contributed by atoms with Gasteiger partial charge in [0.05, 0.1) is 6.61 Å². The number of amides is 2. The first-order chi connectivity index (χ1) is 12.2. The van der Waals surface area contributed by atoms with E-state index in [2.05, 4.69) is 5.32 Å². The van der Waals surface area contributed by atoms with E-state index in [9.17, 15) is 9.59 Å². The Morgan fingerprint density at radius 1 is 1.20 bits per heavy atom. The molecule has 1 aliphatic rings. The van der Waals surface area contributed by atoms with E-state index in [1.54, 1.807) is 30.0 Å². The van der Waals surface area contributed by atoms with Gasteiger partial charge in [0, 0.05) is 24.0 Å². The molecule has 6 nitrogen and oxygen atoms in total. The number of nitrogens with one attached hydrogen (secondary N) is 1. The topological polar surface area (TPSA) is 67.9 Å². The van der Waals surface area contributed by atoms with Crippen LogP contribution >= 0.6 is 0 Å². The Morgan fingerprint density at radius 2 is 2.04 bits per heavy atom. The van der Waals surface area contributed by atoms with Crippen LogP contribution in [0.4, 0.5) is 16.2 Å². The lowest BCUT2D eigenvalue weighted by atomic mass is 10.1. The number of rotatable bonds is 5. The first-order valence-electron chi connectivity index (χ1n) is 8.22. The van der Waals surface area contributed by atoms with E-state index < -0.39 is 5.97 Å². The zero-order valence-corrected chi connectivity index (χ0v) is 14.0. The summed E-state index contributed by atoms with van der Waals surface area (Å²) in [6.07, 6.45) is 0.753. The summed E-state index contributed by atoms with van der Waals surface area (Å²) in [4.78, 5) is 25.6. The Morgan fingerprint density at radius 3 is 2.88 bits per heavy atom. The number of para-hydroxylation sites is 1. The fourth-order valence-electron chi connectivity index (χ4n) is 2.71. The molecule has 6 heteroatoms. The maximum Gasteiger partial charge on any atom is 0.344 e. The zero-order chi connectivity index (χ0) is 17.6. The van der Waals surface area contributed by atoms with Crippen molar-refractivity contribution < 1.29 is 19.1 Å². The second-order valence-electron chi connectivity index (χ2n) is 5.58. The summed E-state index contributed by atoms with van der Waals surface area (Å²) in [6.45, 7) is 2.46. The molecule has 0 saturated carbocycles. The van der Waals surface area contributed by atoms with Crippen molar-refractivity contribution in [2.45, 2.75) is 13.3 Å². The number of nitrogens with zero attached hydrogens (tertiary/aromatic N) is 1. The Kier molecular flexibility index (Phi) is 5.18. The summed E-state index contributed by atoms with van der Waals surface area (Å²) in [5, 5.41) is 2.93. The van der Waals surface area contributed by atoms with Crippen molar-refractivity contribution in [2.24, 2.45) is 0 Å². The van der Waals surface area contributed by atoms with E-state index in [0.717, 1.165) is 17.7 Å². The highest BCUT2D eigenvalue weighted by Crippen LogP contribution is 2.26. The van der Waals surface area contributed by atoms with Gasteiger partial charge in [-0.2, -0.15) is 0 Å². The molecule has 0 atom stereocenters. The van der Waals surface area contributed by atoms with E-state index in [0.29, 0.717) is 24.6 Å². The molecule has 2 aromatic carbocycles. The average Bonchev–Trinajstić information content (AvgIpc) is 2.78. The van der Waals surface area contributed by atoms with Crippen molar-refractivity contribution in [3.05, 3.63) is 54.1 Å². The summed E-state index contributed by atoms with van der Waals surface area (Å²) >= 11 is 0. The van der Waals surface area contributed by atoms with Crippen LogP contribution in [0.25, 0.3) is 0 Å². The minimum Gasteiger partial charge on any atom is -0.482 e. The van der Waals surface area contributed by atoms with Gasteiger partial charge in [-0.1, -0.05) is 24.3 Å². The second kappa shape index (κ2) is 7.70. The fourth-order valence-corrected chi connectivity index (χ4v) is 2.71. The number of hydrogen-bond acceptors (Lipinski definition) is 4. The summed E-state index contributed by atoms with van der Waals surface area (Å²) in [7, 11) is 0. The minimum absolute atomic E-state index is 0.158. The van der Waals surface area contributed by atoms with Crippen LogP contribution in [-0.4, -0.2) is 31.8 Å². The standard InChI is InChI=1S/C19H20N2O4/c1-2-24-18(22)13-25-16-8-5-7-15(12-16)21-11-10-14-6-3-4-9-17(14)20-19(21)23/h3-9,12H,2,10-11,13H2,1H3,(H,20,23). The van der Waals surface area contributed by atoms with Crippen molar-refractivity contribution in [1.82, 2.24) is 0 Å². The molecule has 130 valence electrons. The largest absolute Gasteiger partial charge is 0.482 e. The van der Waals surface area contributed by atoms with Crippen molar-refractivity contribution >= 4 is 23.4 Å². The highest BCUT2D eigenvalue weighted by atomic mass is 16.6. The summed E-state index contributed by atoms with van der Waals surface area (Å²) < 4.78 is 10.3. The number of carbonyl (C=O) groups is 2. The molecule has 0 unspecified atom stereocenters. The molecular formula is C19H20N2O4. The molecule has 1 N–H and O–H groups in total. The first kappa shape index (κ1) is 16.8. The third kappa shape index (κ3) is 4.09. The monoisotopic (exact) mass is 340 g/mol. The highest BCUT2D eigenvalue weighted by molar-refractivity contribution is 6.03. The molecule has 2 aromatic rings. The maximum absolute atomic E-state index is 12.5. The molecule has 3 rings (SSSR count). The Hall–Kier alpha value is -3.02. The van der Waals surface area contributed by atoms with Crippen LogP contribution in [-0.2, 0) is 16.0 Å². The number of fused-ring (bicyclic) bond motifs is 1. The number of anilines is 2. The van der Waals surface area contributed by atoms with E-state index in [1.165, 1.54) is 0 Å². The third-order valence-electron chi connectivity index (χ3n) is 3.90. The molecule has 2 amide bonds. The SMILES string of the molecule is CCOC(=O)COc1cccc(N2CCc3ccccc3NC2=O)c1. The normalized spacial score (nSPS) is 13.5. The second-order valence-corrected chi connectivity index (χ2v) is 5.58. The Balaban J connectivity index is 1.72. The lowest BCUT2D eigenvalue weighted by molar-refractivity contribution is -0.145. The number of carbonyl (C=O) groups excluding carboxylic acids is 2. The molecule has 1 heterocycles. The van der Waals surface area contributed by atoms with E-state index >= 15 is 0 Å². The lowest BCUT2D eigenvalue weighted by Crippen LogP contribution is -2.34. The fraction of sp³-hybridized carbons (Fsp3) is 0.263. The maximum atomic E-state index is 12.5. The molecule has 0 radical (unpaired) electrons. The number of ether oxygens (including phenoxy) is 2. The van der Waals surface area contributed by atoms with Gasteiger partial charge in [-0.3, -0.25) is 4.90 Å². The van der Waals surface area contributed by atoms with Crippen LogP contribution in [0.5, 0.6) is 5.75 Å². The Labute approximate surface area is 146 Å². The molecule has 1 aliphatic heterocycles. The molecule has 0 aromatic heterocycles. The van der Waals surface area contributed by atoms with Gasteiger partial charge in [-0.15, -0.1) is 0 Å². The van der Waals surface area contributed by atoms with E-state index in [4.69, 9.17) is 9.47 Å². The quantitative estimate of drug-likeness (QED) is 0.849. The van der Waals surface area contributed by atoms with Crippen LogP contribution in [0, 0.1) is 0 Å². The molecule has 0 bridgehead atoms.